The average Bonchev–Trinajstić information content (AvgIpc) is 3.59. The molecule has 0 aromatic heterocycles. The molecule has 8 nitrogen and oxygen atoms in total. The number of nitrogens with one attached hydrogen (secondary N) is 1. The summed E-state index contributed by atoms with van der Waals surface area (Å²) in [6, 6.07) is 15.0. The third-order valence-electron chi connectivity index (χ3n) is 8.59. The van der Waals surface area contributed by atoms with E-state index in [1.807, 2.05) is 67.3 Å². The normalized spacial score (nSPS) is 23.3. The van der Waals surface area contributed by atoms with Gasteiger partial charge in [0.15, 0.2) is 0 Å². The minimum Gasteiger partial charge on any atom is -0.444 e. The lowest BCUT2D eigenvalue weighted by Gasteiger charge is -2.25. The highest BCUT2D eigenvalue weighted by molar-refractivity contribution is 5.97. The van der Waals surface area contributed by atoms with Gasteiger partial charge in [-0.3, -0.25) is 9.59 Å². The number of rotatable bonds is 8. The second-order valence-electron chi connectivity index (χ2n) is 11.8. The molecular weight excluding hydrogens is 549 g/mol. The highest BCUT2D eigenvalue weighted by Gasteiger charge is 2.42. The van der Waals surface area contributed by atoms with Crippen LogP contribution in [0.1, 0.15) is 45.9 Å². The monoisotopic (exact) mass is 586 g/mol. The van der Waals surface area contributed by atoms with Gasteiger partial charge in [-0.2, -0.15) is 13.2 Å². The van der Waals surface area contributed by atoms with Crippen LogP contribution in [0.4, 0.5) is 18.0 Å². The number of carbonyl (C=O) groups excluding carboxylic acids is 3. The van der Waals surface area contributed by atoms with Crippen molar-refractivity contribution in [2.24, 2.45) is 11.8 Å². The third kappa shape index (κ3) is 7.06. The van der Waals surface area contributed by atoms with E-state index in [9.17, 15) is 27.6 Å². The molecule has 0 aliphatic carbocycles. The van der Waals surface area contributed by atoms with Gasteiger partial charge in [0.05, 0.1) is 19.0 Å². The average molecular weight is 587 g/mol. The molecule has 2 aromatic rings. The summed E-state index contributed by atoms with van der Waals surface area (Å²) in [6.45, 7) is 6.23. The SMILES string of the molecule is Cc1cccc(C)c1C(=O)N1CC2CN(CCC(NC(=O)OC3CC(=O)N(CC(F)(F)F)C3)c3ccccc3)C[C@H]2C1. The fourth-order valence-electron chi connectivity index (χ4n) is 6.58. The van der Waals surface area contributed by atoms with Crippen LogP contribution in [0.2, 0.25) is 0 Å². The van der Waals surface area contributed by atoms with Crippen molar-refractivity contribution in [3.8, 4) is 0 Å². The Bertz CT molecular complexity index is 1270. The van der Waals surface area contributed by atoms with Gasteiger partial charge < -0.3 is 24.8 Å². The van der Waals surface area contributed by atoms with E-state index in [0.717, 1.165) is 55.0 Å². The molecule has 1 N–H and O–H groups in total. The first-order valence-electron chi connectivity index (χ1n) is 14.4. The maximum absolute atomic E-state index is 13.3. The van der Waals surface area contributed by atoms with Crippen molar-refractivity contribution in [2.75, 3.05) is 45.8 Å². The Morgan fingerprint density at radius 1 is 0.952 bits per heavy atom. The molecule has 42 heavy (non-hydrogen) atoms. The number of hydrogen-bond donors (Lipinski definition) is 1. The zero-order chi connectivity index (χ0) is 30.0. The van der Waals surface area contributed by atoms with Gasteiger partial charge in [-0.1, -0.05) is 48.5 Å². The van der Waals surface area contributed by atoms with E-state index >= 15 is 0 Å². The van der Waals surface area contributed by atoms with Crippen LogP contribution in [0.15, 0.2) is 48.5 Å². The summed E-state index contributed by atoms with van der Waals surface area (Å²) in [6.07, 6.45) is -5.85. The number of halogens is 3. The lowest BCUT2D eigenvalue weighted by Crippen LogP contribution is -2.38. The first-order chi connectivity index (χ1) is 20.0. The largest absolute Gasteiger partial charge is 0.444 e. The molecule has 3 aliphatic rings. The Morgan fingerprint density at radius 3 is 2.21 bits per heavy atom. The summed E-state index contributed by atoms with van der Waals surface area (Å²) in [5.74, 6) is 0.208. The predicted octanol–water partition coefficient (Wildman–Crippen LogP) is 4.33. The fourth-order valence-corrected chi connectivity index (χ4v) is 6.58. The molecule has 11 heteroatoms. The van der Waals surface area contributed by atoms with E-state index in [0.29, 0.717) is 23.2 Å². The van der Waals surface area contributed by atoms with Gasteiger partial charge in [-0.25, -0.2) is 4.79 Å². The Kier molecular flexibility index (Phi) is 8.77. The van der Waals surface area contributed by atoms with Crippen molar-refractivity contribution >= 4 is 17.9 Å². The molecule has 5 rings (SSSR count). The summed E-state index contributed by atoms with van der Waals surface area (Å²) >= 11 is 0. The minimum atomic E-state index is -4.51. The second-order valence-corrected chi connectivity index (χ2v) is 11.8. The Hall–Kier alpha value is -3.60. The molecule has 3 aliphatic heterocycles. The molecule has 0 bridgehead atoms. The second kappa shape index (κ2) is 12.3. The van der Waals surface area contributed by atoms with Crippen molar-refractivity contribution in [3.05, 3.63) is 70.8 Å². The summed E-state index contributed by atoms with van der Waals surface area (Å²) < 4.78 is 43.6. The third-order valence-corrected chi connectivity index (χ3v) is 8.59. The number of likely N-dealkylation sites (tertiary alicyclic amines) is 3. The lowest BCUT2D eigenvalue weighted by molar-refractivity contribution is -0.157. The number of hydrogen-bond acceptors (Lipinski definition) is 5. The van der Waals surface area contributed by atoms with E-state index < -0.39 is 30.8 Å². The topological polar surface area (TPSA) is 82.2 Å². The lowest BCUT2D eigenvalue weighted by atomic mass is 10.0. The zero-order valence-corrected chi connectivity index (χ0v) is 23.9. The van der Waals surface area contributed by atoms with E-state index in [1.54, 1.807) is 0 Å². The molecule has 4 atom stereocenters. The molecular formula is C31H37F3N4O4. The number of fused-ring (bicyclic) bond motifs is 1. The van der Waals surface area contributed by atoms with E-state index in [2.05, 4.69) is 10.2 Å². The highest BCUT2D eigenvalue weighted by atomic mass is 19.4. The standard InChI is InChI=1S/C31H37F3N4O4/c1-20-7-6-8-21(2)28(20)29(40)37-16-23-14-36(15-24(23)17-37)12-11-26(22-9-4-3-5-10-22)35-30(41)42-25-13-27(39)38(18-25)19-31(32,33)34/h3-10,23-26H,11-19H2,1-2H3,(H,35,41)/t23-,24?,25?,26?/m0/s1. The van der Waals surface area contributed by atoms with Crippen molar-refractivity contribution in [3.63, 3.8) is 0 Å². The van der Waals surface area contributed by atoms with Crippen LogP contribution in [0, 0.1) is 25.7 Å². The van der Waals surface area contributed by atoms with Crippen LogP contribution in [-0.4, -0.2) is 90.7 Å². The quantitative estimate of drug-likeness (QED) is 0.498. The van der Waals surface area contributed by atoms with Crippen molar-refractivity contribution < 1.29 is 32.3 Å². The van der Waals surface area contributed by atoms with Crippen LogP contribution in [0.3, 0.4) is 0 Å². The number of carbonyl (C=O) groups is 3. The van der Waals surface area contributed by atoms with Crippen LogP contribution >= 0.6 is 0 Å². The van der Waals surface area contributed by atoms with Gasteiger partial charge in [0.2, 0.25) is 5.91 Å². The number of alkyl halides is 3. The predicted molar refractivity (Wildman–Crippen MR) is 150 cm³/mol. The van der Waals surface area contributed by atoms with Crippen molar-refractivity contribution in [2.45, 2.75) is 45.0 Å². The summed E-state index contributed by atoms with van der Waals surface area (Å²) in [5, 5.41) is 2.87. The molecule has 3 fully saturated rings. The van der Waals surface area contributed by atoms with Crippen LogP contribution in [0.25, 0.3) is 0 Å². The first-order valence-corrected chi connectivity index (χ1v) is 14.4. The fraction of sp³-hybridized carbons (Fsp3) is 0.516. The number of benzene rings is 2. The minimum absolute atomic E-state index is 0.101. The summed E-state index contributed by atoms with van der Waals surface area (Å²) in [4.78, 5) is 43.0. The number of nitrogens with zero attached hydrogens (tertiary/aromatic N) is 3. The maximum Gasteiger partial charge on any atom is 0.407 e. The van der Waals surface area contributed by atoms with Gasteiger partial charge in [0, 0.05) is 38.3 Å². The van der Waals surface area contributed by atoms with Crippen LogP contribution in [-0.2, 0) is 9.53 Å². The Labute approximate surface area is 243 Å². The van der Waals surface area contributed by atoms with Crippen LogP contribution in [0.5, 0.6) is 0 Å². The number of alkyl carbamates (subject to hydrolysis) is 1. The number of aryl methyl sites for hydroxylation is 2. The molecule has 3 unspecified atom stereocenters. The Morgan fingerprint density at radius 2 is 1.60 bits per heavy atom. The number of ether oxygens (including phenoxy) is 1. The molecule has 0 radical (unpaired) electrons. The summed E-state index contributed by atoms with van der Waals surface area (Å²) in [5.41, 5.74) is 3.68. The zero-order valence-electron chi connectivity index (χ0n) is 23.9. The van der Waals surface area contributed by atoms with Gasteiger partial charge >= 0.3 is 12.3 Å². The van der Waals surface area contributed by atoms with Crippen molar-refractivity contribution in [1.82, 2.24) is 20.0 Å². The first kappa shape index (κ1) is 29.9. The molecule has 0 spiro atoms. The molecule has 3 amide bonds. The number of amides is 3. The van der Waals surface area contributed by atoms with Gasteiger partial charge in [-0.15, -0.1) is 0 Å². The van der Waals surface area contributed by atoms with E-state index in [4.69, 9.17) is 4.74 Å². The highest BCUT2D eigenvalue weighted by Crippen LogP contribution is 2.33. The van der Waals surface area contributed by atoms with Gasteiger partial charge in [0.1, 0.15) is 12.6 Å². The van der Waals surface area contributed by atoms with Gasteiger partial charge in [-0.05, 0) is 48.8 Å². The maximum atomic E-state index is 13.3. The van der Waals surface area contributed by atoms with E-state index in [-0.39, 0.29) is 24.9 Å². The van der Waals surface area contributed by atoms with Gasteiger partial charge in [0.25, 0.3) is 5.91 Å². The Balaban J connectivity index is 1.14. The van der Waals surface area contributed by atoms with Crippen LogP contribution < -0.4 is 5.32 Å². The molecule has 3 heterocycles. The molecule has 226 valence electrons. The van der Waals surface area contributed by atoms with E-state index in [1.165, 1.54) is 0 Å². The molecule has 2 aromatic carbocycles. The molecule has 3 saturated heterocycles. The molecule has 0 saturated carbocycles. The smallest absolute Gasteiger partial charge is 0.407 e. The van der Waals surface area contributed by atoms with Crippen molar-refractivity contribution in [1.29, 1.82) is 0 Å². The summed E-state index contributed by atoms with van der Waals surface area (Å²) in [7, 11) is 0.